The molecule has 2 aromatic carbocycles. The van der Waals surface area contributed by atoms with E-state index in [9.17, 15) is 13.2 Å². The zero-order valence-electron chi connectivity index (χ0n) is 15.7. The number of amides is 1. The lowest BCUT2D eigenvalue weighted by atomic mass is 10.1. The van der Waals surface area contributed by atoms with E-state index in [1.165, 1.54) is 4.31 Å². The third kappa shape index (κ3) is 4.08. The molecule has 0 saturated heterocycles. The van der Waals surface area contributed by atoms with Crippen molar-refractivity contribution < 1.29 is 17.9 Å². The predicted molar refractivity (Wildman–Crippen MR) is 105 cm³/mol. The number of aryl methyl sites for hydroxylation is 1. The van der Waals surface area contributed by atoms with E-state index in [0.29, 0.717) is 11.4 Å². The predicted octanol–water partition coefficient (Wildman–Crippen LogP) is 2.79. The van der Waals surface area contributed by atoms with Gasteiger partial charge in [-0.15, -0.1) is 0 Å². The number of anilines is 1. The molecule has 0 unspecified atom stereocenters. The number of nitrogens with one attached hydrogen (secondary N) is 1. The molecule has 3 rings (SSSR count). The third-order valence-corrected chi connectivity index (χ3v) is 6.41. The maximum Gasteiger partial charge on any atom is 0.263 e. The smallest absolute Gasteiger partial charge is 0.263 e. The minimum atomic E-state index is -3.51. The molecule has 1 aliphatic rings. The van der Waals surface area contributed by atoms with Crippen LogP contribution in [0.4, 0.5) is 5.69 Å². The molecule has 7 heteroatoms. The van der Waals surface area contributed by atoms with Crippen molar-refractivity contribution in [3.05, 3.63) is 59.7 Å². The first kappa shape index (κ1) is 19.2. The summed E-state index contributed by atoms with van der Waals surface area (Å²) >= 11 is 0. The number of rotatable bonds is 5. The van der Waals surface area contributed by atoms with Crippen molar-refractivity contribution in [3.8, 4) is 5.75 Å². The van der Waals surface area contributed by atoms with E-state index >= 15 is 0 Å². The third-order valence-electron chi connectivity index (χ3n) is 4.66. The van der Waals surface area contributed by atoms with Crippen LogP contribution in [0, 0.1) is 6.92 Å². The second kappa shape index (κ2) is 7.60. The average Bonchev–Trinajstić information content (AvgIpc) is 2.67. The van der Waals surface area contributed by atoms with Gasteiger partial charge in [0.25, 0.3) is 5.91 Å². The molecule has 2 aromatic rings. The SMILES string of the molecule is CCS(=O)(=O)N1C[C@@H](C(=O)N[C@H](C)c2ccc(C)cc2)Oc2ccccc21. The Hall–Kier alpha value is -2.54. The number of hydrogen-bond acceptors (Lipinski definition) is 4. The topological polar surface area (TPSA) is 75.7 Å². The molecule has 27 heavy (non-hydrogen) atoms. The van der Waals surface area contributed by atoms with Crippen molar-refractivity contribution in [2.45, 2.75) is 32.9 Å². The number of carbonyl (C=O) groups excluding carboxylic acids is 1. The van der Waals surface area contributed by atoms with Gasteiger partial charge < -0.3 is 10.1 Å². The van der Waals surface area contributed by atoms with Crippen LogP contribution in [0.25, 0.3) is 0 Å². The molecule has 0 spiro atoms. The molecule has 2 atom stereocenters. The second-order valence-corrected chi connectivity index (χ2v) is 8.83. The fourth-order valence-electron chi connectivity index (χ4n) is 3.00. The number of sulfonamides is 1. The Labute approximate surface area is 160 Å². The molecule has 1 aliphatic heterocycles. The molecule has 144 valence electrons. The summed E-state index contributed by atoms with van der Waals surface area (Å²) in [6, 6.07) is 14.6. The molecular formula is C20H24N2O4S. The lowest BCUT2D eigenvalue weighted by Crippen LogP contribution is -2.51. The molecule has 0 fully saturated rings. The summed E-state index contributed by atoms with van der Waals surface area (Å²) in [5.41, 5.74) is 2.59. The van der Waals surface area contributed by atoms with Gasteiger partial charge >= 0.3 is 0 Å². The summed E-state index contributed by atoms with van der Waals surface area (Å²) in [6.45, 7) is 5.44. The highest BCUT2D eigenvalue weighted by atomic mass is 32.2. The summed E-state index contributed by atoms with van der Waals surface area (Å²) in [4.78, 5) is 12.8. The fraction of sp³-hybridized carbons (Fsp3) is 0.350. The van der Waals surface area contributed by atoms with Gasteiger partial charge in [-0.05, 0) is 38.5 Å². The van der Waals surface area contributed by atoms with Crippen LogP contribution >= 0.6 is 0 Å². The van der Waals surface area contributed by atoms with Crippen LogP contribution in [-0.2, 0) is 14.8 Å². The number of fused-ring (bicyclic) bond motifs is 1. The van der Waals surface area contributed by atoms with Crippen molar-refractivity contribution >= 4 is 21.6 Å². The van der Waals surface area contributed by atoms with Crippen LogP contribution in [0.2, 0.25) is 0 Å². The van der Waals surface area contributed by atoms with Gasteiger partial charge in [0.15, 0.2) is 6.10 Å². The van der Waals surface area contributed by atoms with E-state index < -0.39 is 16.1 Å². The second-order valence-electron chi connectivity index (χ2n) is 6.65. The molecule has 0 radical (unpaired) electrons. The van der Waals surface area contributed by atoms with Crippen LogP contribution in [-0.4, -0.2) is 32.7 Å². The van der Waals surface area contributed by atoms with Crippen molar-refractivity contribution in [2.24, 2.45) is 0 Å². The fourth-order valence-corrected chi connectivity index (χ4v) is 4.13. The Balaban J connectivity index is 1.80. The van der Waals surface area contributed by atoms with Gasteiger partial charge in [-0.2, -0.15) is 0 Å². The van der Waals surface area contributed by atoms with E-state index in [-0.39, 0.29) is 24.2 Å². The molecule has 0 bridgehead atoms. The molecule has 0 aromatic heterocycles. The van der Waals surface area contributed by atoms with Crippen molar-refractivity contribution in [1.29, 1.82) is 0 Å². The Kier molecular flexibility index (Phi) is 5.41. The highest BCUT2D eigenvalue weighted by Crippen LogP contribution is 2.35. The minimum absolute atomic E-state index is 0.0420. The first-order valence-electron chi connectivity index (χ1n) is 8.95. The van der Waals surface area contributed by atoms with Gasteiger partial charge in [-0.3, -0.25) is 9.10 Å². The lowest BCUT2D eigenvalue weighted by molar-refractivity contribution is -0.128. The number of para-hydroxylation sites is 2. The van der Waals surface area contributed by atoms with E-state index in [2.05, 4.69) is 5.32 Å². The summed E-state index contributed by atoms with van der Waals surface area (Å²) in [7, 11) is -3.51. The summed E-state index contributed by atoms with van der Waals surface area (Å²) in [6.07, 6.45) is -0.908. The van der Waals surface area contributed by atoms with Crippen molar-refractivity contribution in [3.63, 3.8) is 0 Å². The highest BCUT2D eigenvalue weighted by Gasteiger charge is 2.36. The van der Waals surface area contributed by atoms with Crippen molar-refractivity contribution in [2.75, 3.05) is 16.6 Å². The largest absolute Gasteiger partial charge is 0.476 e. The first-order valence-corrected chi connectivity index (χ1v) is 10.6. The number of carbonyl (C=O) groups is 1. The monoisotopic (exact) mass is 388 g/mol. The molecular weight excluding hydrogens is 364 g/mol. The normalized spacial score (nSPS) is 17.6. The molecule has 1 amide bonds. The zero-order chi connectivity index (χ0) is 19.6. The molecule has 0 aliphatic carbocycles. The molecule has 0 saturated carbocycles. The summed E-state index contributed by atoms with van der Waals surface area (Å²) < 4.78 is 32.1. The lowest BCUT2D eigenvalue weighted by Gasteiger charge is -2.35. The van der Waals surface area contributed by atoms with Gasteiger partial charge in [0, 0.05) is 0 Å². The first-order chi connectivity index (χ1) is 12.8. The van der Waals surface area contributed by atoms with Gasteiger partial charge in [0.05, 0.1) is 24.0 Å². The average molecular weight is 388 g/mol. The zero-order valence-corrected chi connectivity index (χ0v) is 16.5. The van der Waals surface area contributed by atoms with Gasteiger partial charge in [0.2, 0.25) is 10.0 Å². The number of benzene rings is 2. The molecule has 1 heterocycles. The van der Waals surface area contributed by atoms with Gasteiger partial charge in [-0.1, -0.05) is 42.0 Å². The van der Waals surface area contributed by atoms with Crippen LogP contribution in [0.1, 0.15) is 31.0 Å². The van der Waals surface area contributed by atoms with Gasteiger partial charge in [0.1, 0.15) is 5.75 Å². The van der Waals surface area contributed by atoms with Crippen LogP contribution in [0.15, 0.2) is 48.5 Å². The summed E-state index contributed by atoms with van der Waals surface area (Å²) in [5, 5.41) is 2.92. The Morgan fingerprint density at radius 3 is 2.56 bits per heavy atom. The number of ether oxygens (including phenoxy) is 1. The highest BCUT2D eigenvalue weighted by molar-refractivity contribution is 7.92. The maximum absolute atomic E-state index is 12.8. The van der Waals surface area contributed by atoms with E-state index in [4.69, 9.17) is 4.74 Å². The quantitative estimate of drug-likeness (QED) is 0.855. The maximum atomic E-state index is 12.8. The molecule has 1 N–H and O–H groups in total. The Morgan fingerprint density at radius 1 is 1.22 bits per heavy atom. The van der Waals surface area contributed by atoms with Crippen LogP contribution in [0.3, 0.4) is 0 Å². The number of nitrogens with zero attached hydrogens (tertiary/aromatic N) is 1. The van der Waals surface area contributed by atoms with E-state index in [1.54, 1.807) is 31.2 Å². The number of hydrogen-bond donors (Lipinski definition) is 1. The van der Waals surface area contributed by atoms with Crippen LogP contribution in [0.5, 0.6) is 5.75 Å². The van der Waals surface area contributed by atoms with Crippen molar-refractivity contribution in [1.82, 2.24) is 5.32 Å². The standard InChI is InChI=1S/C20H24N2O4S/c1-4-27(24,25)22-13-19(26-18-8-6-5-7-17(18)22)20(23)21-15(3)16-11-9-14(2)10-12-16/h5-12,15,19H,4,13H2,1-3H3,(H,21,23)/t15-,19+/m1/s1. The van der Waals surface area contributed by atoms with E-state index in [1.807, 2.05) is 38.1 Å². The summed E-state index contributed by atoms with van der Waals surface area (Å²) in [5.74, 6) is 0.00733. The Morgan fingerprint density at radius 2 is 1.89 bits per heavy atom. The Bertz CT molecular complexity index is 925. The van der Waals surface area contributed by atoms with Crippen LogP contribution < -0.4 is 14.4 Å². The van der Waals surface area contributed by atoms with Gasteiger partial charge in [-0.25, -0.2) is 8.42 Å². The van der Waals surface area contributed by atoms with E-state index in [0.717, 1.165) is 11.1 Å². The minimum Gasteiger partial charge on any atom is -0.476 e. The molecule has 6 nitrogen and oxygen atoms in total.